The number of rotatable bonds is 0. The van der Waals surface area contributed by atoms with Crippen LogP contribution in [0.4, 0.5) is 11.5 Å². The van der Waals surface area contributed by atoms with Gasteiger partial charge in [-0.1, -0.05) is 0 Å². The summed E-state index contributed by atoms with van der Waals surface area (Å²) >= 11 is 0. The fourth-order valence-corrected chi connectivity index (χ4v) is 2.76. The van der Waals surface area contributed by atoms with Gasteiger partial charge < -0.3 is 10.0 Å². The van der Waals surface area contributed by atoms with Crippen molar-refractivity contribution in [3.63, 3.8) is 0 Å². The van der Waals surface area contributed by atoms with Crippen molar-refractivity contribution in [2.75, 3.05) is 22.9 Å². The summed E-state index contributed by atoms with van der Waals surface area (Å²) in [6.07, 6.45) is 2.11. The van der Waals surface area contributed by atoms with Gasteiger partial charge in [0.15, 0.2) is 5.82 Å². The van der Waals surface area contributed by atoms with Gasteiger partial charge in [0.25, 0.3) is 0 Å². The molecule has 5 heteroatoms. The zero-order valence-corrected chi connectivity index (χ0v) is 9.71. The van der Waals surface area contributed by atoms with E-state index in [1.807, 2.05) is 12.1 Å². The van der Waals surface area contributed by atoms with Crippen LogP contribution in [0, 0.1) is 0 Å². The second kappa shape index (κ2) is 3.70. The van der Waals surface area contributed by atoms with Crippen LogP contribution in [0.1, 0.15) is 13.3 Å². The number of amides is 1. The van der Waals surface area contributed by atoms with E-state index in [0.717, 1.165) is 12.1 Å². The van der Waals surface area contributed by atoms with Crippen molar-refractivity contribution in [1.29, 1.82) is 0 Å². The first-order valence-corrected chi connectivity index (χ1v) is 5.84. The van der Waals surface area contributed by atoms with Crippen LogP contribution in [0.5, 0.6) is 0 Å². The zero-order chi connectivity index (χ0) is 12.0. The van der Waals surface area contributed by atoms with E-state index in [9.17, 15) is 9.90 Å². The Balaban J connectivity index is 2.06. The highest BCUT2D eigenvalue weighted by Gasteiger charge is 2.39. The van der Waals surface area contributed by atoms with Gasteiger partial charge in [-0.2, -0.15) is 0 Å². The van der Waals surface area contributed by atoms with Crippen LogP contribution in [0.25, 0.3) is 0 Å². The van der Waals surface area contributed by atoms with Crippen LogP contribution in [-0.2, 0) is 4.79 Å². The molecule has 5 nitrogen and oxygen atoms in total. The Hall–Kier alpha value is -1.62. The maximum Gasteiger partial charge on any atom is 0.225 e. The quantitative estimate of drug-likeness (QED) is 0.704. The van der Waals surface area contributed by atoms with Crippen molar-refractivity contribution in [1.82, 2.24) is 4.98 Å². The number of anilines is 2. The minimum Gasteiger partial charge on any atom is -0.391 e. The maximum absolute atomic E-state index is 11.6. The van der Waals surface area contributed by atoms with Crippen molar-refractivity contribution >= 4 is 17.4 Å². The summed E-state index contributed by atoms with van der Waals surface area (Å²) in [5, 5.41) is 9.74. The molecule has 1 saturated heterocycles. The second-order valence-electron chi connectivity index (χ2n) is 4.67. The minimum atomic E-state index is -0.306. The zero-order valence-electron chi connectivity index (χ0n) is 9.71. The molecular formula is C12H15N3O2. The molecule has 90 valence electrons. The molecule has 1 N–H and O–H groups in total. The Morgan fingerprint density at radius 2 is 2.35 bits per heavy atom. The van der Waals surface area contributed by atoms with Crippen LogP contribution in [0.3, 0.4) is 0 Å². The lowest BCUT2D eigenvalue weighted by atomic mass is 10.1. The molecule has 17 heavy (non-hydrogen) atoms. The van der Waals surface area contributed by atoms with E-state index in [4.69, 9.17) is 0 Å². The first-order valence-electron chi connectivity index (χ1n) is 5.84. The number of carbonyl (C=O) groups is 1. The third kappa shape index (κ3) is 1.58. The Morgan fingerprint density at radius 1 is 1.53 bits per heavy atom. The number of carbonyl (C=O) groups excluding carboxylic acids is 1. The highest BCUT2D eigenvalue weighted by Crippen LogP contribution is 2.37. The van der Waals surface area contributed by atoms with Gasteiger partial charge in [0, 0.05) is 32.3 Å². The topological polar surface area (TPSA) is 56.7 Å². The van der Waals surface area contributed by atoms with Crippen LogP contribution in [0.2, 0.25) is 0 Å². The molecule has 0 saturated carbocycles. The summed E-state index contributed by atoms with van der Waals surface area (Å²) in [4.78, 5) is 19.8. The SMILES string of the molecule is CC(=O)N1CC2CC(O)CN2c2cccnc21. The number of aliphatic hydroxyl groups is 1. The molecule has 1 amide bonds. The molecule has 2 unspecified atom stereocenters. The molecule has 0 aromatic carbocycles. The van der Waals surface area contributed by atoms with E-state index in [1.54, 1.807) is 18.0 Å². The molecule has 0 spiro atoms. The van der Waals surface area contributed by atoms with E-state index in [1.165, 1.54) is 0 Å². The molecule has 2 atom stereocenters. The first kappa shape index (κ1) is 10.5. The van der Waals surface area contributed by atoms with Crippen LogP contribution < -0.4 is 9.80 Å². The molecule has 0 bridgehead atoms. The average molecular weight is 233 g/mol. The lowest BCUT2D eigenvalue weighted by Gasteiger charge is -2.38. The fraction of sp³-hybridized carbons (Fsp3) is 0.500. The molecule has 1 aromatic heterocycles. The predicted octanol–water partition coefficient (Wildman–Crippen LogP) is 0.388. The fourth-order valence-electron chi connectivity index (χ4n) is 2.76. The average Bonchev–Trinajstić information content (AvgIpc) is 2.68. The van der Waals surface area contributed by atoms with E-state index < -0.39 is 0 Å². The normalized spacial score (nSPS) is 26.7. The van der Waals surface area contributed by atoms with Crippen LogP contribution in [-0.4, -0.2) is 41.2 Å². The van der Waals surface area contributed by atoms with Crippen molar-refractivity contribution in [3.05, 3.63) is 18.3 Å². The first-order chi connectivity index (χ1) is 8.16. The van der Waals surface area contributed by atoms with Crippen molar-refractivity contribution in [2.45, 2.75) is 25.5 Å². The van der Waals surface area contributed by atoms with Gasteiger partial charge in [-0.3, -0.25) is 9.69 Å². The third-order valence-electron chi connectivity index (χ3n) is 3.50. The van der Waals surface area contributed by atoms with Gasteiger partial charge in [0.2, 0.25) is 5.91 Å². The molecule has 1 fully saturated rings. The summed E-state index contributed by atoms with van der Waals surface area (Å²) in [7, 11) is 0. The Kier molecular flexibility index (Phi) is 2.29. The smallest absolute Gasteiger partial charge is 0.225 e. The van der Waals surface area contributed by atoms with Gasteiger partial charge in [0.1, 0.15) is 0 Å². The Labute approximate surface area is 99.7 Å². The van der Waals surface area contributed by atoms with Gasteiger partial charge in [0.05, 0.1) is 11.8 Å². The van der Waals surface area contributed by atoms with E-state index in [2.05, 4.69) is 9.88 Å². The van der Waals surface area contributed by atoms with Crippen molar-refractivity contribution in [3.8, 4) is 0 Å². The Morgan fingerprint density at radius 3 is 3.12 bits per heavy atom. The summed E-state index contributed by atoms with van der Waals surface area (Å²) in [6, 6.07) is 4.04. The molecule has 0 aliphatic carbocycles. The molecule has 0 radical (unpaired) electrons. The summed E-state index contributed by atoms with van der Waals surface area (Å²) < 4.78 is 0. The molecule has 2 aliphatic rings. The van der Waals surface area contributed by atoms with Gasteiger partial charge in [-0.15, -0.1) is 0 Å². The highest BCUT2D eigenvalue weighted by atomic mass is 16.3. The number of nitrogens with zero attached hydrogens (tertiary/aromatic N) is 3. The summed E-state index contributed by atoms with van der Waals surface area (Å²) in [6.45, 7) is 2.81. The molecule has 1 aromatic rings. The number of aromatic nitrogens is 1. The number of fused-ring (bicyclic) bond motifs is 3. The molecular weight excluding hydrogens is 218 g/mol. The number of hydrogen-bond donors (Lipinski definition) is 1. The summed E-state index contributed by atoms with van der Waals surface area (Å²) in [5.74, 6) is 0.719. The van der Waals surface area contributed by atoms with E-state index in [-0.39, 0.29) is 18.1 Å². The molecule has 2 aliphatic heterocycles. The summed E-state index contributed by atoms with van der Waals surface area (Å²) in [5.41, 5.74) is 0.954. The predicted molar refractivity (Wildman–Crippen MR) is 64.0 cm³/mol. The van der Waals surface area contributed by atoms with Crippen molar-refractivity contribution in [2.24, 2.45) is 0 Å². The molecule has 3 rings (SSSR count). The minimum absolute atomic E-state index is 0.00555. The van der Waals surface area contributed by atoms with E-state index >= 15 is 0 Å². The number of aliphatic hydroxyl groups excluding tert-OH is 1. The molecule has 3 heterocycles. The third-order valence-corrected chi connectivity index (χ3v) is 3.50. The number of hydrogen-bond acceptors (Lipinski definition) is 4. The van der Waals surface area contributed by atoms with Gasteiger partial charge in [-0.05, 0) is 18.6 Å². The van der Waals surface area contributed by atoms with Crippen LogP contribution in [0.15, 0.2) is 18.3 Å². The standard InChI is InChI=1S/C12H15N3O2/c1-8(16)14-6-9-5-10(17)7-15(9)11-3-2-4-13-12(11)14/h2-4,9-10,17H,5-7H2,1H3. The lowest BCUT2D eigenvalue weighted by Crippen LogP contribution is -2.47. The highest BCUT2D eigenvalue weighted by molar-refractivity contribution is 5.95. The largest absolute Gasteiger partial charge is 0.391 e. The monoisotopic (exact) mass is 233 g/mol. The Bertz CT molecular complexity index is 463. The second-order valence-corrected chi connectivity index (χ2v) is 4.67. The van der Waals surface area contributed by atoms with Gasteiger partial charge in [-0.25, -0.2) is 4.98 Å². The number of pyridine rings is 1. The van der Waals surface area contributed by atoms with Crippen molar-refractivity contribution < 1.29 is 9.90 Å². The van der Waals surface area contributed by atoms with Gasteiger partial charge >= 0.3 is 0 Å². The lowest BCUT2D eigenvalue weighted by molar-refractivity contribution is -0.116. The van der Waals surface area contributed by atoms with Crippen LogP contribution >= 0.6 is 0 Å². The maximum atomic E-state index is 11.6. The van der Waals surface area contributed by atoms with E-state index in [0.29, 0.717) is 18.9 Å².